The summed E-state index contributed by atoms with van der Waals surface area (Å²) in [5.74, 6) is 3.18. The second kappa shape index (κ2) is 8.85. The molecule has 0 spiro atoms. The Balaban J connectivity index is 0.00000109. The molecule has 3 atom stereocenters. The second-order valence-electron chi connectivity index (χ2n) is 9.69. The zero-order valence-corrected chi connectivity index (χ0v) is 19.0. The minimum absolute atomic E-state index is 0.450. The van der Waals surface area contributed by atoms with E-state index in [1.165, 1.54) is 48.8 Å². The van der Waals surface area contributed by atoms with Crippen LogP contribution in [0, 0.1) is 24.7 Å². The van der Waals surface area contributed by atoms with Gasteiger partial charge < -0.3 is 0 Å². The third-order valence-corrected chi connectivity index (χ3v) is 7.23. The highest BCUT2D eigenvalue weighted by atomic mass is 14.5. The van der Waals surface area contributed by atoms with Gasteiger partial charge in [0.25, 0.3) is 0 Å². The quantitative estimate of drug-likeness (QED) is 0.505. The van der Waals surface area contributed by atoms with Crippen LogP contribution in [0.25, 0.3) is 0 Å². The molecule has 0 heteroatoms. The largest absolute Gasteiger partial charge is 0.0683 e. The van der Waals surface area contributed by atoms with Crippen LogP contribution >= 0.6 is 0 Å². The van der Waals surface area contributed by atoms with Crippen molar-refractivity contribution in [2.45, 2.75) is 85.0 Å². The lowest BCUT2D eigenvalue weighted by Gasteiger charge is -2.50. The van der Waals surface area contributed by atoms with Crippen molar-refractivity contribution in [1.82, 2.24) is 0 Å². The summed E-state index contributed by atoms with van der Waals surface area (Å²) in [6.45, 7) is 13.4. The van der Waals surface area contributed by atoms with Gasteiger partial charge in [-0.15, -0.1) is 0 Å². The molecule has 0 aromatic heterocycles. The molecular formula is C28H40. The third-order valence-electron chi connectivity index (χ3n) is 7.23. The molecule has 0 amide bonds. The van der Waals surface area contributed by atoms with E-state index in [0.717, 1.165) is 17.8 Å². The molecular weight excluding hydrogens is 336 g/mol. The van der Waals surface area contributed by atoms with Gasteiger partial charge in [0.05, 0.1) is 0 Å². The lowest BCUT2D eigenvalue weighted by molar-refractivity contribution is 0.0780. The normalized spacial score (nSPS) is 30.1. The van der Waals surface area contributed by atoms with Gasteiger partial charge in [-0.25, -0.2) is 0 Å². The summed E-state index contributed by atoms with van der Waals surface area (Å²) in [5.41, 5.74) is 6.26. The Morgan fingerprint density at radius 1 is 0.750 bits per heavy atom. The van der Waals surface area contributed by atoms with E-state index in [4.69, 9.17) is 0 Å². The van der Waals surface area contributed by atoms with E-state index in [0.29, 0.717) is 11.3 Å². The van der Waals surface area contributed by atoms with Crippen LogP contribution in [-0.4, -0.2) is 0 Å². The number of aryl methyl sites for hydroxylation is 1. The lowest BCUT2D eigenvalue weighted by Crippen LogP contribution is -2.42. The van der Waals surface area contributed by atoms with Crippen LogP contribution < -0.4 is 0 Å². The molecule has 2 aromatic rings. The van der Waals surface area contributed by atoms with E-state index in [9.17, 15) is 0 Å². The van der Waals surface area contributed by atoms with Crippen LogP contribution in [-0.2, 0) is 5.41 Å². The van der Waals surface area contributed by atoms with Gasteiger partial charge in [-0.1, -0.05) is 88.7 Å². The number of rotatable bonds is 3. The first-order valence-corrected chi connectivity index (χ1v) is 11.6. The van der Waals surface area contributed by atoms with Crippen molar-refractivity contribution in [3.8, 4) is 0 Å². The zero-order chi connectivity index (χ0) is 20.3. The summed E-state index contributed by atoms with van der Waals surface area (Å²) in [5, 5.41) is 0. The van der Waals surface area contributed by atoms with Gasteiger partial charge in [-0.05, 0) is 78.9 Å². The van der Waals surface area contributed by atoms with Gasteiger partial charge in [-0.3, -0.25) is 0 Å². The van der Waals surface area contributed by atoms with Crippen molar-refractivity contribution in [2.75, 3.05) is 0 Å². The Morgan fingerprint density at radius 2 is 1.21 bits per heavy atom. The third kappa shape index (κ3) is 4.37. The molecule has 2 saturated carbocycles. The second-order valence-corrected chi connectivity index (χ2v) is 9.69. The topological polar surface area (TPSA) is 0 Å². The smallest absolute Gasteiger partial charge is 0.00610 e. The van der Waals surface area contributed by atoms with Crippen LogP contribution in [0.4, 0.5) is 0 Å². The van der Waals surface area contributed by atoms with Crippen molar-refractivity contribution < 1.29 is 0 Å². The summed E-state index contributed by atoms with van der Waals surface area (Å²) in [6, 6.07) is 18.8. The Hall–Kier alpha value is -1.56. The van der Waals surface area contributed by atoms with E-state index in [1.54, 1.807) is 5.56 Å². The highest BCUT2D eigenvalue weighted by Crippen LogP contribution is 2.54. The van der Waals surface area contributed by atoms with Gasteiger partial charge in [0, 0.05) is 5.92 Å². The van der Waals surface area contributed by atoms with Crippen molar-refractivity contribution in [3.05, 3.63) is 70.8 Å². The molecule has 2 aromatic carbocycles. The van der Waals surface area contributed by atoms with Crippen LogP contribution in [0.2, 0.25) is 0 Å². The van der Waals surface area contributed by atoms with E-state index in [1.807, 2.05) is 13.8 Å². The first kappa shape index (κ1) is 21.2. The Bertz CT molecular complexity index is 717. The first-order chi connectivity index (χ1) is 13.4. The fraction of sp³-hybridized carbons (Fsp3) is 0.571. The lowest BCUT2D eigenvalue weighted by atomic mass is 9.54. The minimum Gasteiger partial charge on any atom is -0.0683 e. The van der Waals surface area contributed by atoms with Gasteiger partial charge in [0.2, 0.25) is 0 Å². The standard InChI is InChI=1S/C26H34.C2H6/c1-18-5-7-23(8-6-18)21(4)24-9-11-25(12-10-24)26-15-19(2)13-22(17-26)14-20(3)16-26;1-2/h5-12,19-22H,13-17H2,1-4H3;1-2H3. The molecule has 3 unspecified atom stereocenters. The number of hydrogen-bond acceptors (Lipinski definition) is 0. The van der Waals surface area contributed by atoms with E-state index in [-0.39, 0.29) is 0 Å². The summed E-state index contributed by atoms with van der Waals surface area (Å²) >= 11 is 0. The molecule has 0 saturated heterocycles. The molecule has 2 aliphatic carbocycles. The van der Waals surface area contributed by atoms with Crippen molar-refractivity contribution in [1.29, 1.82) is 0 Å². The summed E-state index contributed by atoms with van der Waals surface area (Å²) < 4.78 is 0. The Labute approximate surface area is 173 Å². The number of fused-ring (bicyclic) bond motifs is 2. The minimum atomic E-state index is 0.450. The molecule has 2 bridgehead atoms. The average Bonchev–Trinajstić information content (AvgIpc) is 2.68. The maximum atomic E-state index is 2.48. The molecule has 0 nitrogen and oxygen atoms in total. The SMILES string of the molecule is CC.Cc1ccc(C(C)c2ccc(C34CC(C)CC(CC(C)C3)C4)cc2)cc1. The van der Waals surface area contributed by atoms with E-state index in [2.05, 4.69) is 76.2 Å². The van der Waals surface area contributed by atoms with Crippen LogP contribution in [0.15, 0.2) is 48.5 Å². The maximum Gasteiger partial charge on any atom is 0.00610 e. The van der Waals surface area contributed by atoms with Crippen LogP contribution in [0.5, 0.6) is 0 Å². The Morgan fingerprint density at radius 3 is 1.71 bits per heavy atom. The highest BCUT2D eigenvalue weighted by Gasteiger charge is 2.45. The van der Waals surface area contributed by atoms with Crippen LogP contribution in [0.1, 0.15) is 94.9 Å². The molecule has 28 heavy (non-hydrogen) atoms. The summed E-state index contributed by atoms with van der Waals surface area (Å²) in [7, 11) is 0. The van der Waals surface area contributed by atoms with Crippen LogP contribution in [0.3, 0.4) is 0 Å². The van der Waals surface area contributed by atoms with Gasteiger partial charge in [-0.2, -0.15) is 0 Å². The summed E-state index contributed by atoms with van der Waals surface area (Å²) in [6.07, 6.45) is 7.11. The predicted molar refractivity (Wildman–Crippen MR) is 123 cm³/mol. The van der Waals surface area contributed by atoms with E-state index >= 15 is 0 Å². The van der Waals surface area contributed by atoms with Crippen molar-refractivity contribution >= 4 is 0 Å². The average molecular weight is 377 g/mol. The van der Waals surface area contributed by atoms with Crippen molar-refractivity contribution in [2.24, 2.45) is 17.8 Å². The molecule has 0 heterocycles. The molecule has 0 radical (unpaired) electrons. The fourth-order valence-corrected chi connectivity index (χ4v) is 6.23. The molecule has 0 N–H and O–H groups in total. The molecule has 152 valence electrons. The summed E-state index contributed by atoms with van der Waals surface area (Å²) in [4.78, 5) is 0. The monoisotopic (exact) mass is 376 g/mol. The molecule has 0 aliphatic heterocycles. The first-order valence-electron chi connectivity index (χ1n) is 11.6. The highest BCUT2D eigenvalue weighted by molar-refractivity contribution is 5.37. The van der Waals surface area contributed by atoms with Crippen molar-refractivity contribution in [3.63, 3.8) is 0 Å². The zero-order valence-electron chi connectivity index (χ0n) is 19.0. The molecule has 2 fully saturated rings. The molecule has 4 rings (SSSR count). The number of hydrogen-bond donors (Lipinski definition) is 0. The van der Waals surface area contributed by atoms with Gasteiger partial charge in [0.15, 0.2) is 0 Å². The Kier molecular flexibility index (Phi) is 6.69. The fourth-order valence-electron chi connectivity index (χ4n) is 6.23. The van der Waals surface area contributed by atoms with E-state index < -0.39 is 0 Å². The van der Waals surface area contributed by atoms with Gasteiger partial charge >= 0.3 is 0 Å². The predicted octanol–water partition coefficient (Wildman–Crippen LogP) is 8.28. The van der Waals surface area contributed by atoms with Gasteiger partial charge in [0.1, 0.15) is 0 Å². The number of benzene rings is 2. The maximum absolute atomic E-state index is 2.48. The molecule has 2 aliphatic rings.